The number of carbonyl (C=O) groups excluding carboxylic acids is 1. The van der Waals surface area contributed by atoms with Crippen LogP contribution in [0, 0.1) is 0 Å². The fraction of sp³-hybridized carbons (Fsp3) is 0.250. The Morgan fingerprint density at radius 1 is 1.35 bits per heavy atom. The number of hydrogen-bond donors (Lipinski definition) is 0. The summed E-state index contributed by atoms with van der Waals surface area (Å²) in [5, 5.41) is 0.465. The third-order valence-electron chi connectivity index (χ3n) is 4.09. The van der Waals surface area contributed by atoms with Crippen LogP contribution in [0.1, 0.15) is 15.2 Å². The van der Waals surface area contributed by atoms with Gasteiger partial charge in [-0.3, -0.25) is 4.79 Å². The number of thioether (sulfide) groups is 1. The maximum atomic E-state index is 12.7. The van der Waals surface area contributed by atoms with Crippen LogP contribution in [0.15, 0.2) is 43.4 Å². The van der Waals surface area contributed by atoms with Crippen LogP contribution in [-0.2, 0) is 16.6 Å². The number of thiophene rings is 1. The molecule has 0 bridgehead atoms. The molecule has 0 unspecified atom stereocenters. The number of sulfonamides is 1. The van der Waals surface area contributed by atoms with E-state index in [0.717, 1.165) is 19.2 Å². The van der Waals surface area contributed by atoms with E-state index >= 15 is 0 Å². The third kappa shape index (κ3) is 3.42. The minimum atomic E-state index is -3.38. The van der Waals surface area contributed by atoms with E-state index in [9.17, 15) is 13.2 Å². The van der Waals surface area contributed by atoms with Gasteiger partial charge in [-0.05, 0) is 58.0 Å². The molecule has 0 aliphatic carbocycles. The van der Waals surface area contributed by atoms with Crippen molar-refractivity contribution in [2.45, 2.75) is 11.4 Å². The van der Waals surface area contributed by atoms with Gasteiger partial charge in [-0.25, -0.2) is 8.42 Å². The molecule has 0 saturated heterocycles. The lowest BCUT2D eigenvalue weighted by molar-refractivity contribution is 0.0786. The second-order valence-electron chi connectivity index (χ2n) is 5.96. The van der Waals surface area contributed by atoms with Crippen molar-refractivity contribution in [1.29, 1.82) is 0 Å². The van der Waals surface area contributed by atoms with Gasteiger partial charge >= 0.3 is 0 Å². The Balaban J connectivity index is 1.56. The highest BCUT2D eigenvalue weighted by Crippen LogP contribution is 2.42. The molecule has 136 valence electrons. The van der Waals surface area contributed by atoms with Crippen molar-refractivity contribution < 1.29 is 13.2 Å². The maximum Gasteiger partial charge on any atom is 0.257 e. The van der Waals surface area contributed by atoms with Crippen LogP contribution in [-0.4, -0.2) is 43.7 Å². The largest absolute Gasteiger partial charge is 0.337 e. The topological polar surface area (TPSA) is 70.0 Å². The predicted molar refractivity (Wildman–Crippen MR) is 109 cm³/mol. The molecule has 0 atom stereocenters. The summed E-state index contributed by atoms with van der Waals surface area (Å²) in [7, 11) is -1.61. The number of anilines is 1. The lowest BCUT2D eigenvalue weighted by atomic mass is 10.1. The molecule has 2 aromatic rings. The fourth-order valence-electron chi connectivity index (χ4n) is 2.83. The van der Waals surface area contributed by atoms with Gasteiger partial charge in [0.15, 0.2) is 5.17 Å². The van der Waals surface area contributed by atoms with Gasteiger partial charge in [0.05, 0.1) is 21.8 Å². The molecule has 2 aliphatic rings. The average Bonchev–Trinajstić information content (AvgIpc) is 3.14. The van der Waals surface area contributed by atoms with Crippen LogP contribution in [0.3, 0.4) is 0 Å². The summed E-state index contributed by atoms with van der Waals surface area (Å²) in [5.74, 6) is -0.0617. The van der Waals surface area contributed by atoms with Gasteiger partial charge in [0.25, 0.3) is 15.9 Å². The van der Waals surface area contributed by atoms with Crippen molar-refractivity contribution >= 4 is 65.8 Å². The number of fused-ring (bicyclic) bond motifs is 3. The third-order valence-corrected chi connectivity index (χ3v) is 8.00. The summed E-state index contributed by atoms with van der Waals surface area (Å²) < 4.78 is 28.3. The fourth-order valence-corrected chi connectivity index (χ4v) is 6.66. The van der Waals surface area contributed by atoms with E-state index in [0.29, 0.717) is 23.8 Å². The Kier molecular flexibility index (Phi) is 4.62. The van der Waals surface area contributed by atoms with E-state index in [4.69, 9.17) is 0 Å². The molecule has 1 aromatic carbocycles. The highest BCUT2D eigenvalue weighted by atomic mass is 79.9. The van der Waals surface area contributed by atoms with Gasteiger partial charge in [0, 0.05) is 28.9 Å². The van der Waals surface area contributed by atoms with E-state index in [1.54, 1.807) is 29.4 Å². The summed E-state index contributed by atoms with van der Waals surface area (Å²) in [6, 6.07) is 9.43. The summed E-state index contributed by atoms with van der Waals surface area (Å²) in [6.45, 7) is 0.929. The first-order valence-corrected chi connectivity index (χ1v) is 11.8. The number of halogens is 1. The van der Waals surface area contributed by atoms with Gasteiger partial charge in [-0.15, -0.1) is 15.7 Å². The first-order chi connectivity index (χ1) is 12.3. The van der Waals surface area contributed by atoms with Crippen molar-refractivity contribution in [2.24, 2.45) is 4.40 Å². The molecule has 2 aliphatic heterocycles. The van der Waals surface area contributed by atoms with Gasteiger partial charge in [0.2, 0.25) is 0 Å². The van der Waals surface area contributed by atoms with Gasteiger partial charge in [-0.2, -0.15) is 0 Å². The van der Waals surface area contributed by atoms with Crippen LogP contribution < -0.4 is 4.90 Å². The van der Waals surface area contributed by atoms with Gasteiger partial charge in [-0.1, -0.05) is 0 Å². The van der Waals surface area contributed by atoms with Crippen LogP contribution in [0.2, 0.25) is 0 Å². The molecule has 0 spiro atoms. The number of nitrogens with zero attached hydrogens (tertiary/aromatic N) is 3. The second kappa shape index (κ2) is 6.66. The van der Waals surface area contributed by atoms with E-state index < -0.39 is 10.0 Å². The predicted octanol–water partition coefficient (Wildman–Crippen LogP) is 3.39. The van der Waals surface area contributed by atoms with E-state index in [2.05, 4.69) is 20.3 Å². The Morgan fingerprint density at radius 2 is 2.15 bits per heavy atom. The second-order valence-corrected chi connectivity index (χ2v) is 11.3. The highest BCUT2D eigenvalue weighted by Gasteiger charge is 2.33. The zero-order valence-electron chi connectivity index (χ0n) is 13.7. The Hall–Kier alpha value is -1.36. The molecular weight excluding hydrogens is 458 g/mol. The van der Waals surface area contributed by atoms with Crippen LogP contribution in [0.5, 0.6) is 0 Å². The molecule has 1 aromatic heterocycles. The van der Waals surface area contributed by atoms with E-state index in [-0.39, 0.29) is 11.7 Å². The van der Waals surface area contributed by atoms with Gasteiger partial charge in [0.1, 0.15) is 0 Å². The lowest BCUT2D eigenvalue weighted by Gasteiger charge is -2.22. The van der Waals surface area contributed by atoms with E-state index in [1.165, 1.54) is 11.8 Å². The lowest BCUT2D eigenvalue weighted by Crippen LogP contribution is -2.35. The number of amides is 1. The highest BCUT2D eigenvalue weighted by molar-refractivity contribution is 9.11. The maximum absolute atomic E-state index is 12.7. The molecule has 1 amide bonds. The van der Waals surface area contributed by atoms with Crippen molar-refractivity contribution in [1.82, 2.24) is 4.90 Å². The SMILES string of the molecule is CN(Cc1ccc(Br)s1)C(=O)c1ccc2c(c1)SC1=NS(=O)(=O)CCN12. The monoisotopic (exact) mass is 471 g/mol. The van der Waals surface area contributed by atoms with Crippen molar-refractivity contribution in [3.8, 4) is 0 Å². The van der Waals surface area contributed by atoms with Crippen LogP contribution in [0.25, 0.3) is 0 Å². The number of hydrogen-bond acceptors (Lipinski definition) is 6. The quantitative estimate of drug-likeness (QED) is 0.685. The van der Waals surface area contributed by atoms with Crippen molar-refractivity contribution in [2.75, 3.05) is 24.2 Å². The van der Waals surface area contributed by atoms with Crippen LogP contribution in [0.4, 0.5) is 5.69 Å². The first-order valence-electron chi connectivity index (χ1n) is 7.74. The number of rotatable bonds is 3. The molecule has 4 rings (SSSR count). The normalized spacial score (nSPS) is 17.5. The minimum Gasteiger partial charge on any atom is -0.337 e. The summed E-state index contributed by atoms with van der Waals surface area (Å²) in [6.07, 6.45) is 0. The Bertz CT molecular complexity index is 1030. The summed E-state index contributed by atoms with van der Waals surface area (Å²) in [4.78, 5) is 18.3. The van der Waals surface area contributed by atoms with E-state index in [1.807, 2.05) is 29.2 Å². The number of benzene rings is 1. The van der Waals surface area contributed by atoms with Gasteiger partial charge < -0.3 is 9.80 Å². The molecule has 0 fully saturated rings. The zero-order chi connectivity index (χ0) is 18.5. The molecule has 6 nitrogen and oxygen atoms in total. The standard InChI is InChI=1S/C16H14BrN3O3S3/c1-19(9-11-3-5-14(17)24-11)15(21)10-2-4-12-13(8-10)25-16-18-26(22,23)7-6-20(12)16/h2-5,8H,6-7,9H2,1H3. The molecule has 10 heteroatoms. The molecular formula is C16H14BrN3O3S3. The molecule has 0 N–H and O–H groups in total. The summed E-state index contributed by atoms with van der Waals surface area (Å²) in [5.41, 5.74) is 1.49. The van der Waals surface area contributed by atoms with Crippen molar-refractivity contribution in [3.63, 3.8) is 0 Å². The zero-order valence-corrected chi connectivity index (χ0v) is 17.7. The van der Waals surface area contributed by atoms with Crippen molar-refractivity contribution in [3.05, 3.63) is 44.6 Å². The molecule has 0 radical (unpaired) electrons. The Morgan fingerprint density at radius 3 is 2.88 bits per heavy atom. The summed E-state index contributed by atoms with van der Waals surface area (Å²) >= 11 is 6.33. The molecule has 3 heterocycles. The number of amidine groups is 1. The minimum absolute atomic E-state index is 0.0102. The first kappa shape index (κ1) is 18.0. The average molecular weight is 472 g/mol. The number of carbonyl (C=O) groups is 1. The Labute approximate surface area is 168 Å². The molecule has 26 heavy (non-hydrogen) atoms. The molecule has 0 saturated carbocycles. The van der Waals surface area contributed by atoms with Crippen LogP contribution >= 0.6 is 39.0 Å². The smallest absolute Gasteiger partial charge is 0.257 e.